The fourth-order valence-electron chi connectivity index (χ4n) is 1.20. The number of thiazole rings is 1. The van der Waals surface area contributed by atoms with Crippen LogP contribution in [-0.4, -0.2) is 23.5 Å². The third kappa shape index (κ3) is 3.30. The van der Waals surface area contributed by atoms with E-state index < -0.39 is 0 Å². The number of benzene rings is 1. The van der Waals surface area contributed by atoms with Crippen molar-refractivity contribution in [3.8, 4) is 0 Å². The van der Waals surface area contributed by atoms with Crippen LogP contribution >= 0.6 is 11.3 Å². The van der Waals surface area contributed by atoms with Gasteiger partial charge < -0.3 is 5.73 Å². The van der Waals surface area contributed by atoms with Crippen LogP contribution in [0.3, 0.4) is 0 Å². The predicted molar refractivity (Wildman–Crippen MR) is 72.3 cm³/mol. The van der Waals surface area contributed by atoms with Crippen LogP contribution in [0, 0.1) is 10.8 Å². The number of rotatable bonds is 3. The van der Waals surface area contributed by atoms with Crippen molar-refractivity contribution < 1.29 is 0 Å². The van der Waals surface area contributed by atoms with E-state index in [4.69, 9.17) is 10.8 Å². The van der Waals surface area contributed by atoms with Crippen LogP contribution in [0.25, 0.3) is 0 Å². The molecular weight excluding hydrogens is 232 g/mol. The molecule has 4 N–H and O–H groups in total. The van der Waals surface area contributed by atoms with Gasteiger partial charge in [0.15, 0.2) is 0 Å². The van der Waals surface area contributed by atoms with Crippen molar-refractivity contribution in [2.75, 3.05) is 7.05 Å². The molecule has 1 aromatic carbocycles. The van der Waals surface area contributed by atoms with Gasteiger partial charge in [0.25, 0.3) is 0 Å². The molecule has 1 heterocycles. The van der Waals surface area contributed by atoms with Crippen LogP contribution in [0.2, 0.25) is 0 Å². The van der Waals surface area contributed by atoms with Gasteiger partial charge in [-0.05, 0) is 7.05 Å². The molecule has 0 aliphatic carbocycles. The number of hydrogen-bond acceptors (Lipinski definition) is 5. The molecule has 0 unspecified atom stereocenters. The molecule has 0 aliphatic heterocycles. The lowest BCUT2D eigenvalue weighted by Crippen LogP contribution is -2.14. The molecule has 5 heteroatoms. The summed E-state index contributed by atoms with van der Waals surface area (Å²) in [5, 5.41) is 18.1. The Labute approximate surface area is 104 Å². The topological polar surface area (TPSA) is 86.6 Å². The monoisotopic (exact) mass is 246 g/mol. The largest absolute Gasteiger partial charge is 0.333 e. The summed E-state index contributed by atoms with van der Waals surface area (Å²) in [5.41, 5.74) is 5.64. The summed E-state index contributed by atoms with van der Waals surface area (Å²) in [6.07, 6.45) is 1.65. The van der Waals surface area contributed by atoms with Crippen LogP contribution in [0.5, 0.6) is 0 Å². The highest BCUT2D eigenvalue weighted by Gasteiger charge is 2.11. The van der Waals surface area contributed by atoms with E-state index in [1.165, 1.54) is 18.4 Å². The van der Waals surface area contributed by atoms with Gasteiger partial charge in [-0.2, -0.15) is 0 Å². The average Bonchev–Trinajstić information content (AvgIpc) is 2.94. The SMILES string of the molecule is CN.N=C(C(=N)c1nccs1)c1ccccc1. The average molecular weight is 246 g/mol. The summed E-state index contributed by atoms with van der Waals surface area (Å²) in [6.45, 7) is 0. The number of hydrogen-bond donors (Lipinski definition) is 3. The Balaban J connectivity index is 0.000000686. The molecule has 0 atom stereocenters. The van der Waals surface area contributed by atoms with Gasteiger partial charge in [-0.1, -0.05) is 30.3 Å². The molecule has 0 amide bonds. The van der Waals surface area contributed by atoms with Crippen LogP contribution in [0.4, 0.5) is 0 Å². The molecule has 4 nitrogen and oxygen atoms in total. The van der Waals surface area contributed by atoms with Gasteiger partial charge in [0.05, 0.1) is 5.71 Å². The molecule has 0 aliphatic rings. The van der Waals surface area contributed by atoms with E-state index in [0.29, 0.717) is 5.01 Å². The first-order chi connectivity index (χ1) is 8.29. The smallest absolute Gasteiger partial charge is 0.143 e. The molecule has 0 spiro atoms. The van der Waals surface area contributed by atoms with Crippen molar-refractivity contribution in [3.05, 3.63) is 52.5 Å². The zero-order valence-electron chi connectivity index (χ0n) is 9.47. The molecule has 0 saturated heterocycles. The number of nitrogens with zero attached hydrogens (tertiary/aromatic N) is 1. The maximum Gasteiger partial charge on any atom is 0.143 e. The summed E-state index contributed by atoms with van der Waals surface area (Å²) in [4.78, 5) is 4.02. The predicted octanol–water partition coefficient (Wildman–Crippen LogP) is 2.15. The zero-order valence-corrected chi connectivity index (χ0v) is 10.3. The van der Waals surface area contributed by atoms with E-state index in [0.717, 1.165) is 5.56 Å². The second-order valence-corrected chi connectivity index (χ2v) is 3.85. The molecule has 2 rings (SSSR count). The van der Waals surface area contributed by atoms with Crippen molar-refractivity contribution in [1.29, 1.82) is 10.8 Å². The lowest BCUT2D eigenvalue weighted by molar-refractivity contribution is 1.36. The third-order valence-electron chi connectivity index (χ3n) is 1.96. The van der Waals surface area contributed by atoms with Gasteiger partial charge in [-0.15, -0.1) is 11.3 Å². The van der Waals surface area contributed by atoms with E-state index in [9.17, 15) is 0 Å². The van der Waals surface area contributed by atoms with E-state index in [2.05, 4.69) is 10.7 Å². The number of nitrogens with two attached hydrogens (primary N) is 1. The highest BCUT2D eigenvalue weighted by Crippen LogP contribution is 2.09. The van der Waals surface area contributed by atoms with Gasteiger partial charge in [0.1, 0.15) is 10.7 Å². The quantitative estimate of drug-likeness (QED) is 0.725. The van der Waals surface area contributed by atoms with Crippen LogP contribution in [0.1, 0.15) is 10.6 Å². The Hall–Kier alpha value is -1.85. The van der Waals surface area contributed by atoms with Crippen LogP contribution in [0.15, 0.2) is 41.9 Å². The second kappa shape index (κ2) is 6.67. The van der Waals surface area contributed by atoms with Gasteiger partial charge in [-0.25, -0.2) is 4.98 Å². The first kappa shape index (κ1) is 13.2. The van der Waals surface area contributed by atoms with E-state index in [-0.39, 0.29) is 11.4 Å². The molecule has 0 fully saturated rings. The van der Waals surface area contributed by atoms with Crippen molar-refractivity contribution in [2.45, 2.75) is 0 Å². The summed E-state index contributed by atoms with van der Waals surface area (Å²) < 4.78 is 0. The van der Waals surface area contributed by atoms with Gasteiger partial charge in [0, 0.05) is 17.1 Å². The first-order valence-electron chi connectivity index (χ1n) is 4.99. The zero-order chi connectivity index (χ0) is 12.7. The summed E-state index contributed by atoms with van der Waals surface area (Å²) in [7, 11) is 1.50. The highest BCUT2D eigenvalue weighted by molar-refractivity contribution is 7.12. The van der Waals surface area contributed by atoms with Crippen molar-refractivity contribution in [1.82, 2.24) is 4.98 Å². The Morgan fingerprint density at radius 2 is 1.76 bits per heavy atom. The first-order valence-corrected chi connectivity index (χ1v) is 5.87. The second-order valence-electron chi connectivity index (χ2n) is 2.95. The van der Waals surface area contributed by atoms with E-state index in [1.54, 1.807) is 6.20 Å². The Bertz CT molecular complexity index is 476. The minimum Gasteiger partial charge on any atom is -0.333 e. The van der Waals surface area contributed by atoms with Crippen LogP contribution < -0.4 is 5.73 Å². The van der Waals surface area contributed by atoms with Crippen LogP contribution in [-0.2, 0) is 0 Å². The van der Waals surface area contributed by atoms with Crippen molar-refractivity contribution in [2.24, 2.45) is 5.73 Å². The van der Waals surface area contributed by atoms with E-state index in [1.807, 2.05) is 35.7 Å². The standard InChI is InChI=1S/C11H9N3S.CH5N/c12-9(8-4-2-1-3-5-8)10(13)11-14-6-7-15-11;1-2/h1-7,12-13H;2H2,1H3. The normalized spacial score (nSPS) is 9.06. The molecule has 0 saturated carbocycles. The maximum atomic E-state index is 7.85. The number of aromatic nitrogens is 1. The van der Waals surface area contributed by atoms with Gasteiger partial charge in [-0.3, -0.25) is 10.8 Å². The molecule has 0 bridgehead atoms. The summed E-state index contributed by atoms with van der Waals surface area (Å²) >= 11 is 1.38. The third-order valence-corrected chi connectivity index (χ3v) is 2.75. The molecule has 2 aromatic rings. The Morgan fingerprint density at radius 3 is 2.29 bits per heavy atom. The molecular formula is C12H14N4S. The fourth-order valence-corrected chi connectivity index (χ4v) is 1.80. The number of nitrogens with one attached hydrogen (secondary N) is 2. The highest BCUT2D eigenvalue weighted by atomic mass is 32.1. The lowest BCUT2D eigenvalue weighted by Gasteiger charge is -2.02. The fraction of sp³-hybridized carbons (Fsp3) is 0.0833. The maximum absolute atomic E-state index is 7.85. The van der Waals surface area contributed by atoms with Gasteiger partial charge >= 0.3 is 0 Å². The lowest BCUT2D eigenvalue weighted by atomic mass is 10.1. The van der Waals surface area contributed by atoms with Crippen molar-refractivity contribution >= 4 is 22.8 Å². The molecule has 0 radical (unpaired) electrons. The molecule has 88 valence electrons. The summed E-state index contributed by atoms with van der Waals surface area (Å²) in [6, 6.07) is 9.26. The minimum atomic E-state index is 0.177. The molecule has 1 aromatic heterocycles. The minimum absolute atomic E-state index is 0.177. The Kier molecular flexibility index (Phi) is 5.19. The molecule has 17 heavy (non-hydrogen) atoms. The summed E-state index contributed by atoms with van der Waals surface area (Å²) in [5.74, 6) is 0. The van der Waals surface area contributed by atoms with E-state index >= 15 is 0 Å². The van der Waals surface area contributed by atoms with Gasteiger partial charge in [0.2, 0.25) is 0 Å². The van der Waals surface area contributed by atoms with Crippen molar-refractivity contribution in [3.63, 3.8) is 0 Å². The Morgan fingerprint density at radius 1 is 1.12 bits per heavy atom.